The van der Waals surface area contributed by atoms with Gasteiger partial charge in [-0.15, -0.1) is 5.10 Å². The number of benzene rings is 1. The van der Waals surface area contributed by atoms with E-state index < -0.39 is 0 Å². The fraction of sp³-hybridized carbons (Fsp3) is 0.182. The van der Waals surface area contributed by atoms with Crippen molar-refractivity contribution < 1.29 is 14.3 Å². The SMILES string of the molecule is O=C(CSc1cn[nH]n1)c1ccc2c(c1)OCO2. The number of nitrogens with zero attached hydrogens (tertiary/aromatic N) is 2. The van der Waals surface area contributed by atoms with Crippen LogP contribution in [0.3, 0.4) is 0 Å². The molecule has 0 amide bonds. The Labute approximate surface area is 107 Å². The van der Waals surface area contributed by atoms with E-state index >= 15 is 0 Å². The van der Waals surface area contributed by atoms with Gasteiger partial charge in [-0.2, -0.15) is 10.3 Å². The number of ether oxygens (including phenoxy) is 2. The van der Waals surface area contributed by atoms with Crippen LogP contribution in [0.1, 0.15) is 10.4 Å². The number of Topliss-reactive ketones (excluding diaryl/α,β-unsaturated/α-hetero) is 1. The normalized spacial score (nSPS) is 12.7. The first-order valence-corrected chi connectivity index (χ1v) is 6.23. The third-order valence-corrected chi connectivity index (χ3v) is 3.34. The summed E-state index contributed by atoms with van der Waals surface area (Å²) in [7, 11) is 0. The van der Waals surface area contributed by atoms with Gasteiger partial charge in [-0.05, 0) is 18.2 Å². The molecule has 1 aliphatic rings. The molecule has 0 spiro atoms. The number of H-pyrrole nitrogens is 1. The average molecular weight is 263 g/mol. The molecule has 18 heavy (non-hydrogen) atoms. The zero-order chi connectivity index (χ0) is 12.4. The first kappa shape index (κ1) is 11.1. The maximum atomic E-state index is 12.0. The summed E-state index contributed by atoms with van der Waals surface area (Å²) in [5.74, 6) is 1.62. The molecule has 0 fully saturated rings. The Morgan fingerprint density at radius 1 is 1.39 bits per heavy atom. The number of carbonyl (C=O) groups is 1. The minimum atomic E-state index is 0.0151. The van der Waals surface area contributed by atoms with Gasteiger partial charge in [-0.3, -0.25) is 4.79 Å². The molecule has 0 atom stereocenters. The maximum Gasteiger partial charge on any atom is 0.231 e. The van der Waals surface area contributed by atoms with E-state index in [0.717, 1.165) is 0 Å². The number of aromatic nitrogens is 3. The minimum Gasteiger partial charge on any atom is -0.454 e. The average Bonchev–Trinajstić information content (AvgIpc) is 3.05. The Balaban J connectivity index is 1.69. The summed E-state index contributed by atoms with van der Waals surface area (Å²) in [5, 5.41) is 10.7. The summed E-state index contributed by atoms with van der Waals surface area (Å²) in [4.78, 5) is 12.0. The van der Waals surface area contributed by atoms with E-state index in [2.05, 4.69) is 15.4 Å². The molecule has 0 saturated carbocycles. The number of fused-ring (bicyclic) bond motifs is 1. The van der Waals surface area contributed by atoms with Crippen molar-refractivity contribution in [1.82, 2.24) is 15.4 Å². The van der Waals surface area contributed by atoms with E-state index in [1.807, 2.05) is 0 Å². The highest BCUT2D eigenvalue weighted by molar-refractivity contribution is 7.99. The first-order chi connectivity index (χ1) is 8.83. The standard InChI is InChI=1S/C11H9N3O3S/c15-8(5-18-11-4-12-14-13-11)7-1-2-9-10(3-7)17-6-16-9/h1-4H,5-6H2,(H,12,13,14). The van der Waals surface area contributed by atoms with Gasteiger partial charge in [0, 0.05) is 5.56 Å². The number of carbonyl (C=O) groups excluding carboxylic acids is 1. The fourth-order valence-electron chi connectivity index (χ4n) is 1.55. The van der Waals surface area contributed by atoms with Gasteiger partial charge in [0.05, 0.1) is 11.9 Å². The fourth-order valence-corrected chi connectivity index (χ4v) is 2.23. The third kappa shape index (κ3) is 2.17. The molecule has 0 bridgehead atoms. The molecule has 2 heterocycles. The van der Waals surface area contributed by atoms with E-state index in [1.165, 1.54) is 11.8 Å². The van der Waals surface area contributed by atoms with Crippen LogP contribution in [0.5, 0.6) is 11.5 Å². The number of ketones is 1. The Hall–Kier alpha value is -2.02. The van der Waals surface area contributed by atoms with Crippen LogP contribution in [0, 0.1) is 0 Å². The molecule has 6 nitrogen and oxygen atoms in total. The van der Waals surface area contributed by atoms with Crippen molar-refractivity contribution in [3.8, 4) is 11.5 Å². The van der Waals surface area contributed by atoms with Crippen LogP contribution in [-0.4, -0.2) is 33.7 Å². The van der Waals surface area contributed by atoms with Crippen molar-refractivity contribution in [3.05, 3.63) is 30.0 Å². The number of hydrogen-bond donors (Lipinski definition) is 1. The Morgan fingerprint density at radius 2 is 2.28 bits per heavy atom. The van der Waals surface area contributed by atoms with Crippen LogP contribution >= 0.6 is 11.8 Å². The molecule has 7 heteroatoms. The van der Waals surface area contributed by atoms with Crippen molar-refractivity contribution in [2.45, 2.75) is 5.03 Å². The lowest BCUT2D eigenvalue weighted by Crippen LogP contribution is -2.02. The van der Waals surface area contributed by atoms with E-state index in [1.54, 1.807) is 24.4 Å². The van der Waals surface area contributed by atoms with Crippen LogP contribution < -0.4 is 9.47 Å². The number of nitrogens with one attached hydrogen (secondary N) is 1. The van der Waals surface area contributed by atoms with E-state index in [4.69, 9.17) is 9.47 Å². The van der Waals surface area contributed by atoms with E-state index in [-0.39, 0.29) is 12.6 Å². The molecular weight excluding hydrogens is 254 g/mol. The lowest BCUT2D eigenvalue weighted by atomic mass is 10.1. The summed E-state index contributed by atoms with van der Waals surface area (Å²) in [5.41, 5.74) is 0.607. The molecule has 2 aromatic rings. The quantitative estimate of drug-likeness (QED) is 0.665. The molecule has 1 aromatic heterocycles. The van der Waals surface area contributed by atoms with Crippen LogP contribution in [0.15, 0.2) is 29.4 Å². The second-order valence-electron chi connectivity index (χ2n) is 3.59. The van der Waals surface area contributed by atoms with Gasteiger partial charge in [-0.25, -0.2) is 0 Å². The van der Waals surface area contributed by atoms with Crippen molar-refractivity contribution in [2.24, 2.45) is 0 Å². The molecule has 0 saturated heterocycles. The zero-order valence-corrected chi connectivity index (χ0v) is 10.1. The van der Waals surface area contributed by atoms with Gasteiger partial charge < -0.3 is 9.47 Å². The predicted octanol–water partition coefficient (Wildman–Crippen LogP) is 1.51. The molecule has 0 radical (unpaired) electrons. The molecule has 1 N–H and O–H groups in total. The summed E-state index contributed by atoms with van der Waals surface area (Å²) < 4.78 is 10.4. The van der Waals surface area contributed by atoms with Crippen molar-refractivity contribution in [3.63, 3.8) is 0 Å². The van der Waals surface area contributed by atoms with Gasteiger partial charge in [-0.1, -0.05) is 11.8 Å². The number of aromatic amines is 1. The third-order valence-electron chi connectivity index (χ3n) is 2.44. The molecular formula is C11H9N3O3S. The van der Waals surface area contributed by atoms with Crippen molar-refractivity contribution in [2.75, 3.05) is 12.5 Å². The molecule has 0 unspecified atom stereocenters. The molecule has 92 valence electrons. The zero-order valence-electron chi connectivity index (χ0n) is 9.25. The van der Waals surface area contributed by atoms with E-state index in [0.29, 0.717) is 27.8 Å². The minimum absolute atomic E-state index is 0.0151. The van der Waals surface area contributed by atoms with Crippen LogP contribution in [0.4, 0.5) is 0 Å². The number of hydrogen-bond acceptors (Lipinski definition) is 6. The largest absolute Gasteiger partial charge is 0.454 e. The Kier molecular flexibility index (Phi) is 2.89. The first-order valence-electron chi connectivity index (χ1n) is 5.24. The summed E-state index contributed by atoms with van der Waals surface area (Å²) in [6, 6.07) is 5.18. The second-order valence-corrected chi connectivity index (χ2v) is 4.58. The predicted molar refractivity (Wildman–Crippen MR) is 64.0 cm³/mol. The highest BCUT2D eigenvalue weighted by Gasteiger charge is 2.16. The number of thioether (sulfide) groups is 1. The highest BCUT2D eigenvalue weighted by atomic mass is 32.2. The summed E-state index contributed by atoms with van der Waals surface area (Å²) in [6.45, 7) is 0.209. The smallest absolute Gasteiger partial charge is 0.231 e. The topological polar surface area (TPSA) is 77.1 Å². The summed E-state index contributed by atoms with van der Waals surface area (Å²) in [6.07, 6.45) is 1.58. The lowest BCUT2D eigenvalue weighted by molar-refractivity contribution is 0.102. The molecule has 3 rings (SSSR count). The number of rotatable bonds is 4. The van der Waals surface area contributed by atoms with Crippen molar-refractivity contribution >= 4 is 17.5 Å². The monoisotopic (exact) mass is 263 g/mol. The second kappa shape index (κ2) is 4.69. The van der Waals surface area contributed by atoms with Crippen molar-refractivity contribution in [1.29, 1.82) is 0 Å². The maximum absolute atomic E-state index is 12.0. The van der Waals surface area contributed by atoms with Gasteiger partial charge in [0.15, 0.2) is 17.3 Å². The van der Waals surface area contributed by atoms with Gasteiger partial charge >= 0.3 is 0 Å². The van der Waals surface area contributed by atoms with Crippen LogP contribution in [0.25, 0.3) is 0 Å². The molecule has 1 aromatic carbocycles. The Morgan fingerprint density at radius 3 is 3.11 bits per heavy atom. The van der Waals surface area contributed by atoms with E-state index in [9.17, 15) is 4.79 Å². The lowest BCUT2D eigenvalue weighted by Gasteiger charge is -2.01. The van der Waals surface area contributed by atoms with Crippen LogP contribution in [0.2, 0.25) is 0 Å². The highest BCUT2D eigenvalue weighted by Crippen LogP contribution is 2.32. The van der Waals surface area contributed by atoms with Crippen LogP contribution in [-0.2, 0) is 0 Å². The molecule has 1 aliphatic heterocycles. The van der Waals surface area contributed by atoms with Gasteiger partial charge in [0.25, 0.3) is 0 Å². The van der Waals surface area contributed by atoms with Gasteiger partial charge in [0.2, 0.25) is 6.79 Å². The Bertz CT molecular complexity index is 571. The molecule has 0 aliphatic carbocycles. The summed E-state index contributed by atoms with van der Waals surface area (Å²) >= 11 is 1.34. The van der Waals surface area contributed by atoms with Gasteiger partial charge in [0.1, 0.15) is 5.03 Å².